The number of fused-ring (bicyclic) bond motifs is 2. The van der Waals surface area contributed by atoms with Gasteiger partial charge in [0.2, 0.25) is 10.9 Å². The van der Waals surface area contributed by atoms with Gasteiger partial charge in [0, 0.05) is 18.0 Å². The summed E-state index contributed by atoms with van der Waals surface area (Å²) in [6.07, 6.45) is 3.14. The summed E-state index contributed by atoms with van der Waals surface area (Å²) in [5, 5.41) is 14.3. The van der Waals surface area contributed by atoms with Crippen LogP contribution in [0.4, 0.5) is 5.69 Å². The first kappa shape index (κ1) is 23.3. The Bertz CT molecular complexity index is 1600. The Hall–Kier alpha value is -3.42. The summed E-state index contributed by atoms with van der Waals surface area (Å²) in [7, 11) is -6.96. The second-order valence-electron chi connectivity index (χ2n) is 8.42. The number of sulfonamides is 1. The molecule has 1 fully saturated rings. The first-order chi connectivity index (χ1) is 16.7. The Morgan fingerprint density at radius 2 is 1.94 bits per heavy atom. The normalized spacial score (nSPS) is 16.9. The lowest BCUT2D eigenvalue weighted by atomic mass is 9.94. The van der Waals surface area contributed by atoms with E-state index in [0.29, 0.717) is 16.5 Å². The molecule has 3 aromatic rings. The second kappa shape index (κ2) is 8.98. The molecular weight excluding hydrogens is 494 g/mol. The van der Waals surface area contributed by atoms with Gasteiger partial charge in [-0.1, -0.05) is 18.2 Å². The van der Waals surface area contributed by atoms with Crippen LogP contribution in [0.3, 0.4) is 0 Å². The fourth-order valence-electron chi connectivity index (χ4n) is 4.15. The van der Waals surface area contributed by atoms with Gasteiger partial charge in [0.05, 0.1) is 11.2 Å². The smallest absolute Gasteiger partial charge is 0.286 e. The van der Waals surface area contributed by atoms with Gasteiger partial charge in [0.1, 0.15) is 16.2 Å². The van der Waals surface area contributed by atoms with Crippen LogP contribution in [0.15, 0.2) is 56.6 Å². The number of nitrogens with one attached hydrogen (secondary N) is 3. The fourth-order valence-corrected chi connectivity index (χ4v) is 5.61. The molecule has 0 saturated heterocycles. The second-order valence-corrected chi connectivity index (χ2v) is 10.8. The molecule has 0 radical (unpaired) electrons. The summed E-state index contributed by atoms with van der Waals surface area (Å²) < 4.78 is 54.9. The Kier molecular flexibility index (Phi) is 5.99. The van der Waals surface area contributed by atoms with Crippen molar-refractivity contribution in [3.8, 4) is 5.75 Å². The van der Waals surface area contributed by atoms with E-state index in [4.69, 9.17) is 0 Å². The standard InChI is InChI=1S/C22H23N5O6S2/c28-20-15-6-1-2-7-17(15)27(25-14-4-3-5-14)22(29)19(20)21-24-16-9-8-13(10-11-23-34(30)31)12-18(16)35(32,33)26-21/h1-2,6-9,12,14,25,28,34H,3-5,10-11H2,(H,24,26)(H,23,30,31). The molecule has 0 atom stereocenters. The Balaban J connectivity index is 1.58. The first-order valence-electron chi connectivity index (χ1n) is 11.0. The molecule has 2 heterocycles. The Labute approximate surface area is 202 Å². The van der Waals surface area contributed by atoms with Crippen molar-refractivity contribution < 1.29 is 21.9 Å². The molecule has 13 heteroatoms. The maximum absolute atomic E-state index is 13.5. The number of pyridine rings is 1. The average Bonchev–Trinajstić information content (AvgIpc) is 2.78. The van der Waals surface area contributed by atoms with E-state index in [9.17, 15) is 26.7 Å². The van der Waals surface area contributed by atoms with Gasteiger partial charge < -0.3 is 15.8 Å². The highest BCUT2D eigenvalue weighted by Gasteiger charge is 2.31. The highest BCUT2D eigenvalue weighted by molar-refractivity contribution is 7.90. The summed E-state index contributed by atoms with van der Waals surface area (Å²) in [6, 6.07) is 11.5. The van der Waals surface area contributed by atoms with E-state index in [1.54, 1.807) is 30.3 Å². The lowest BCUT2D eigenvalue weighted by Gasteiger charge is -2.29. The third-order valence-corrected chi connectivity index (χ3v) is 7.95. The van der Waals surface area contributed by atoms with Crippen LogP contribution in [-0.2, 0) is 27.3 Å². The number of nitrogens with zero attached hydrogens (tertiary/aromatic N) is 2. The van der Waals surface area contributed by atoms with Crippen molar-refractivity contribution in [2.24, 2.45) is 4.40 Å². The summed E-state index contributed by atoms with van der Waals surface area (Å²) in [4.78, 5) is 13.4. The quantitative estimate of drug-likeness (QED) is 0.291. The number of para-hydroxylation sites is 1. The van der Waals surface area contributed by atoms with E-state index >= 15 is 0 Å². The van der Waals surface area contributed by atoms with Gasteiger partial charge in [0.15, 0.2) is 5.84 Å². The SMILES string of the molecule is O=c1c(C2=NS(=O)(=O)c3cc(CCN[SH](=O)=O)ccc3N2)c(O)c2ccccc2n1NC1CCC1. The summed E-state index contributed by atoms with van der Waals surface area (Å²) in [6.45, 7) is 0.123. The molecule has 4 N–H and O–H groups in total. The van der Waals surface area contributed by atoms with E-state index in [2.05, 4.69) is 19.9 Å². The molecule has 0 bridgehead atoms. The van der Waals surface area contributed by atoms with Crippen LogP contribution in [0.2, 0.25) is 0 Å². The molecule has 184 valence electrons. The molecule has 0 amide bonds. The molecular formula is C22H23N5O6S2. The largest absolute Gasteiger partial charge is 0.506 e. The molecule has 11 nitrogen and oxygen atoms in total. The van der Waals surface area contributed by atoms with E-state index in [-0.39, 0.29) is 46.7 Å². The summed E-state index contributed by atoms with van der Waals surface area (Å²) >= 11 is 0. The number of aromatic hydroxyl groups is 1. The van der Waals surface area contributed by atoms with Gasteiger partial charge >= 0.3 is 0 Å². The predicted molar refractivity (Wildman–Crippen MR) is 133 cm³/mol. The number of rotatable bonds is 7. The molecule has 2 aliphatic rings. The van der Waals surface area contributed by atoms with Crippen LogP contribution in [0, 0.1) is 0 Å². The van der Waals surface area contributed by atoms with Crippen LogP contribution in [0.5, 0.6) is 5.75 Å². The zero-order valence-electron chi connectivity index (χ0n) is 18.4. The minimum atomic E-state index is -4.21. The first-order valence-corrected chi connectivity index (χ1v) is 13.6. The van der Waals surface area contributed by atoms with Crippen molar-refractivity contribution in [1.82, 2.24) is 9.40 Å². The van der Waals surface area contributed by atoms with E-state index in [1.165, 1.54) is 16.8 Å². The molecule has 35 heavy (non-hydrogen) atoms. The minimum absolute atomic E-state index is 0.0986. The van der Waals surface area contributed by atoms with E-state index in [1.807, 2.05) is 0 Å². The number of thiol groups is 1. The predicted octanol–water partition coefficient (Wildman–Crippen LogP) is 1.02. The number of amidine groups is 1. The number of hydrogen-bond donors (Lipinski definition) is 5. The van der Waals surface area contributed by atoms with Crippen molar-refractivity contribution in [2.45, 2.75) is 36.6 Å². The zero-order chi connectivity index (χ0) is 24.7. The monoisotopic (exact) mass is 517 g/mol. The van der Waals surface area contributed by atoms with Gasteiger partial charge in [-0.2, -0.15) is 8.42 Å². The fraction of sp³-hybridized carbons (Fsp3) is 0.273. The van der Waals surface area contributed by atoms with Crippen molar-refractivity contribution in [3.05, 3.63) is 63.9 Å². The lowest BCUT2D eigenvalue weighted by molar-refractivity contribution is 0.414. The van der Waals surface area contributed by atoms with Crippen molar-refractivity contribution in [2.75, 3.05) is 17.3 Å². The van der Waals surface area contributed by atoms with Crippen molar-refractivity contribution in [1.29, 1.82) is 0 Å². The highest BCUT2D eigenvalue weighted by Crippen LogP contribution is 2.33. The third kappa shape index (κ3) is 4.37. The maximum Gasteiger partial charge on any atom is 0.286 e. The number of hydrogen-bond acceptors (Lipinski definition) is 8. The van der Waals surface area contributed by atoms with Crippen LogP contribution in [0.1, 0.15) is 30.4 Å². The van der Waals surface area contributed by atoms with Gasteiger partial charge in [-0.15, -0.1) is 4.40 Å². The molecule has 1 aromatic heterocycles. The van der Waals surface area contributed by atoms with Gasteiger partial charge in [-0.3, -0.25) is 4.79 Å². The highest BCUT2D eigenvalue weighted by atomic mass is 32.2. The lowest BCUT2D eigenvalue weighted by Crippen LogP contribution is -2.42. The van der Waals surface area contributed by atoms with Gasteiger partial charge in [-0.05, 0) is 55.5 Å². The van der Waals surface area contributed by atoms with Gasteiger partial charge in [0.25, 0.3) is 15.6 Å². The average molecular weight is 518 g/mol. The summed E-state index contributed by atoms with van der Waals surface area (Å²) in [5.74, 6) is -0.635. The third-order valence-electron chi connectivity index (χ3n) is 6.15. The van der Waals surface area contributed by atoms with Gasteiger partial charge in [-0.25, -0.2) is 17.8 Å². The molecule has 1 aliphatic carbocycles. The molecule has 0 spiro atoms. The van der Waals surface area contributed by atoms with Crippen LogP contribution >= 0.6 is 0 Å². The molecule has 1 saturated carbocycles. The minimum Gasteiger partial charge on any atom is -0.506 e. The van der Waals surface area contributed by atoms with Crippen molar-refractivity contribution >= 4 is 43.3 Å². The summed E-state index contributed by atoms with van der Waals surface area (Å²) in [5.41, 5.74) is 3.58. The molecule has 5 rings (SSSR count). The Morgan fingerprint density at radius 3 is 2.66 bits per heavy atom. The van der Waals surface area contributed by atoms with E-state index in [0.717, 1.165) is 19.3 Å². The Morgan fingerprint density at radius 1 is 1.17 bits per heavy atom. The number of benzene rings is 2. The maximum atomic E-state index is 13.5. The van der Waals surface area contributed by atoms with Crippen LogP contribution in [0.25, 0.3) is 10.9 Å². The number of aromatic nitrogens is 1. The molecule has 0 unspecified atom stereocenters. The zero-order valence-corrected chi connectivity index (χ0v) is 20.1. The van der Waals surface area contributed by atoms with Crippen LogP contribution in [-0.4, -0.2) is 45.0 Å². The molecule has 1 aliphatic heterocycles. The number of anilines is 1. The molecule has 2 aromatic carbocycles. The topological polar surface area (TPSA) is 159 Å². The van der Waals surface area contributed by atoms with E-state index < -0.39 is 26.5 Å². The van der Waals surface area contributed by atoms with Crippen LogP contribution < -0.4 is 21.0 Å². The van der Waals surface area contributed by atoms with Crippen molar-refractivity contribution in [3.63, 3.8) is 0 Å².